The van der Waals surface area contributed by atoms with E-state index in [4.69, 9.17) is 0 Å². The highest BCUT2D eigenvalue weighted by molar-refractivity contribution is 5.83. The van der Waals surface area contributed by atoms with Crippen LogP contribution in [0, 0.1) is 5.41 Å². The Balaban J connectivity index is 1.96. The summed E-state index contributed by atoms with van der Waals surface area (Å²) in [6, 6.07) is -0.0102. The van der Waals surface area contributed by atoms with E-state index in [1.54, 1.807) is 0 Å². The van der Waals surface area contributed by atoms with Gasteiger partial charge < -0.3 is 10.4 Å². The molecule has 0 aromatic carbocycles. The molecule has 0 radical (unpaired) electrons. The molecule has 0 heterocycles. The van der Waals surface area contributed by atoms with Crippen LogP contribution in [0.25, 0.3) is 0 Å². The summed E-state index contributed by atoms with van der Waals surface area (Å²) in [6.07, 6.45) is 10.2. The average Bonchev–Trinajstić information content (AvgIpc) is 2.78. The van der Waals surface area contributed by atoms with Gasteiger partial charge in [-0.25, -0.2) is 0 Å². The van der Waals surface area contributed by atoms with Crippen LogP contribution in [0.4, 0.5) is 0 Å². The number of amides is 1. The molecule has 2 aliphatic carbocycles. The van der Waals surface area contributed by atoms with Gasteiger partial charge in [0.1, 0.15) is 0 Å². The van der Waals surface area contributed by atoms with Crippen molar-refractivity contribution in [2.45, 2.75) is 83.3 Å². The lowest BCUT2D eigenvalue weighted by molar-refractivity contribution is -0.132. The highest BCUT2D eigenvalue weighted by Gasteiger charge is 2.40. The van der Waals surface area contributed by atoms with Crippen molar-refractivity contribution in [3.63, 3.8) is 0 Å². The molecular weight excluding hydrogens is 226 g/mol. The Morgan fingerprint density at radius 1 is 1.17 bits per heavy atom. The van der Waals surface area contributed by atoms with Crippen molar-refractivity contribution in [3.05, 3.63) is 0 Å². The molecule has 0 bridgehead atoms. The van der Waals surface area contributed by atoms with E-state index in [-0.39, 0.29) is 23.5 Å². The van der Waals surface area contributed by atoms with Gasteiger partial charge >= 0.3 is 0 Å². The van der Waals surface area contributed by atoms with E-state index >= 15 is 0 Å². The molecule has 0 aliphatic heterocycles. The van der Waals surface area contributed by atoms with Crippen molar-refractivity contribution >= 4 is 5.91 Å². The Morgan fingerprint density at radius 2 is 1.83 bits per heavy atom. The monoisotopic (exact) mass is 253 g/mol. The maximum absolute atomic E-state index is 12.5. The quantitative estimate of drug-likeness (QED) is 0.760. The van der Waals surface area contributed by atoms with Gasteiger partial charge in [0.15, 0.2) is 0 Å². The van der Waals surface area contributed by atoms with E-state index in [0.717, 1.165) is 44.9 Å². The number of carbonyl (C=O) groups excluding carboxylic acids is 1. The molecule has 0 aromatic heterocycles. The third-order valence-electron chi connectivity index (χ3n) is 5.02. The third-order valence-corrected chi connectivity index (χ3v) is 5.02. The first-order valence-corrected chi connectivity index (χ1v) is 7.67. The Bertz CT molecular complexity index is 284. The van der Waals surface area contributed by atoms with Crippen LogP contribution in [0.15, 0.2) is 0 Å². The molecule has 1 amide bonds. The minimum absolute atomic E-state index is 0.0102. The Hall–Kier alpha value is -0.570. The van der Waals surface area contributed by atoms with Crippen molar-refractivity contribution in [1.29, 1.82) is 0 Å². The highest BCUT2D eigenvalue weighted by atomic mass is 16.3. The predicted octanol–water partition coefficient (Wildman–Crippen LogP) is 2.77. The van der Waals surface area contributed by atoms with Crippen LogP contribution in [0.3, 0.4) is 0 Å². The summed E-state index contributed by atoms with van der Waals surface area (Å²) in [5.74, 6) is 0.202. The van der Waals surface area contributed by atoms with Crippen LogP contribution in [0.2, 0.25) is 0 Å². The fourth-order valence-corrected chi connectivity index (χ4v) is 3.57. The third kappa shape index (κ3) is 2.87. The van der Waals surface area contributed by atoms with E-state index < -0.39 is 0 Å². The van der Waals surface area contributed by atoms with Crippen molar-refractivity contribution in [2.75, 3.05) is 0 Å². The minimum atomic E-state index is -0.341. The molecule has 2 N–H and O–H groups in total. The van der Waals surface area contributed by atoms with E-state index in [1.165, 1.54) is 19.3 Å². The maximum Gasteiger partial charge on any atom is 0.226 e. The molecule has 3 heteroatoms. The van der Waals surface area contributed by atoms with Crippen LogP contribution >= 0.6 is 0 Å². The van der Waals surface area contributed by atoms with Crippen molar-refractivity contribution < 1.29 is 9.90 Å². The Labute approximate surface area is 110 Å². The number of aliphatic hydroxyl groups is 1. The summed E-state index contributed by atoms with van der Waals surface area (Å²) in [5, 5.41) is 13.2. The van der Waals surface area contributed by atoms with E-state index in [0.29, 0.717) is 0 Å². The van der Waals surface area contributed by atoms with Crippen LogP contribution in [0.1, 0.15) is 71.1 Å². The van der Waals surface area contributed by atoms with Crippen LogP contribution in [-0.2, 0) is 4.79 Å². The first-order valence-electron chi connectivity index (χ1n) is 7.67. The number of aliphatic hydroxyl groups excluding tert-OH is 1. The van der Waals surface area contributed by atoms with Gasteiger partial charge in [-0.2, -0.15) is 0 Å². The minimum Gasteiger partial charge on any atom is -0.391 e. The van der Waals surface area contributed by atoms with E-state index in [2.05, 4.69) is 12.2 Å². The van der Waals surface area contributed by atoms with Gasteiger partial charge in [0.25, 0.3) is 0 Å². The van der Waals surface area contributed by atoms with Gasteiger partial charge in [0.2, 0.25) is 5.91 Å². The second kappa shape index (κ2) is 6.05. The summed E-state index contributed by atoms with van der Waals surface area (Å²) in [7, 11) is 0. The number of hydrogen-bond acceptors (Lipinski definition) is 2. The van der Waals surface area contributed by atoms with Gasteiger partial charge in [0, 0.05) is 5.41 Å². The number of rotatable bonds is 3. The molecule has 2 aliphatic rings. The Kier molecular flexibility index (Phi) is 4.66. The van der Waals surface area contributed by atoms with Crippen LogP contribution < -0.4 is 5.32 Å². The predicted molar refractivity (Wildman–Crippen MR) is 72.2 cm³/mol. The summed E-state index contributed by atoms with van der Waals surface area (Å²) < 4.78 is 0. The highest BCUT2D eigenvalue weighted by Crippen LogP contribution is 2.41. The lowest BCUT2D eigenvalue weighted by Crippen LogP contribution is -2.48. The molecule has 0 spiro atoms. The average molecular weight is 253 g/mol. The van der Waals surface area contributed by atoms with E-state index in [9.17, 15) is 9.90 Å². The zero-order chi connectivity index (χ0) is 13.0. The molecule has 0 aromatic rings. The summed E-state index contributed by atoms with van der Waals surface area (Å²) in [5.41, 5.74) is -0.133. The molecule has 18 heavy (non-hydrogen) atoms. The molecule has 2 atom stereocenters. The maximum atomic E-state index is 12.5. The second-order valence-corrected chi connectivity index (χ2v) is 6.13. The van der Waals surface area contributed by atoms with Crippen LogP contribution in [-0.4, -0.2) is 23.2 Å². The van der Waals surface area contributed by atoms with Gasteiger partial charge in [-0.1, -0.05) is 39.0 Å². The number of hydrogen-bond donors (Lipinski definition) is 2. The number of nitrogens with one attached hydrogen (secondary N) is 1. The molecule has 104 valence electrons. The summed E-state index contributed by atoms with van der Waals surface area (Å²) in [4.78, 5) is 12.5. The van der Waals surface area contributed by atoms with Gasteiger partial charge in [0.05, 0.1) is 12.1 Å². The smallest absolute Gasteiger partial charge is 0.226 e. The molecule has 2 unspecified atom stereocenters. The fraction of sp³-hybridized carbons (Fsp3) is 0.933. The number of carbonyl (C=O) groups is 1. The van der Waals surface area contributed by atoms with Crippen molar-refractivity contribution in [3.8, 4) is 0 Å². The standard InChI is InChI=1S/C15H27NO2/c1-2-15(10-6-7-11-15)14(18)16-12-8-4-3-5-9-13(12)17/h12-13,17H,2-11H2,1H3,(H,16,18). The lowest BCUT2D eigenvalue weighted by Gasteiger charge is -2.30. The largest absolute Gasteiger partial charge is 0.391 e. The van der Waals surface area contributed by atoms with Crippen LogP contribution in [0.5, 0.6) is 0 Å². The molecule has 2 saturated carbocycles. The Morgan fingerprint density at radius 3 is 2.50 bits per heavy atom. The van der Waals surface area contributed by atoms with E-state index in [1.807, 2.05) is 0 Å². The zero-order valence-corrected chi connectivity index (χ0v) is 11.6. The zero-order valence-electron chi connectivity index (χ0n) is 11.6. The second-order valence-electron chi connectivity index (χ2n) is 6.13. The summed E-state index contributed by atoms with van der Waals surface area (Å²) in [6.45, 7) is 2.12. The molecular formula is C15H27NO2. The lowest BCUT2D eigenvalue weighted by atomic mass is 9.82. The van der Waals surface area contributed by atoms with Gasteiger partial charge in [-0.05, 0) is 32.1 Å². The topological polar surface area (TPSA) is 49.3 Å². The summed E-state index contributed by atoms with van der Waals surface area (Å²) >= 11 is 0. The van der Waals surface area contributed by atoms with Gasteiger partial charge in [-0.15, -0.1) is 0 Å². The molecule has 2 fully saturated rings. The normalized spacial score (nSPS) is 31.9. The fourth-order valence-electron chi connectivity index (χ4n) is 3.57. The molecule has 2 rings (SSSR count). The first kappa shape index (κ1) is 13.9. The van der Waals surface area contributed by atoms with Crippen molar-refractivity contribution in [2.24, 2.45) is 5.41 Å². The van der Waals surface area contributed by atoms with Gasteiger partial charge in [-0.3, -0.25) is 4.79 Å². The van der Waals surface area contributed by atoms with Crippen molar-refractivity contribution in [1.82, 2.24) is 5.32 Å². The molecule has 3 nitrogen and oxygen atoms in total. The SMILES string of the molecule is CCC1(C(=O)NC2CCCCCC2O)CCCC1. The molecule has 0 saturated heterocycles. The first-order chi connectivity index (χ1) is 8.68.